The average molecular weight is 303 g/mol. The van der Waals surface area contributed by atoms with E-state index in [1.165, 1.54) is 23.5 Å². The Kier molecular flexibility index (Phi) is 4.78. The second kappa shape index (κ2) is 6.76. The number of nitro groups is 1. The van der Waals surface area contributed by atoms with E-state index in [2.05, 4.69) is 10.5 Å². The van der Waals surface area contributed by atoms with E-state index in [0.29, 0.717) is 11.3 Å². The van der Waals surface area contributed by atoms with Crippen LogP contribution in [0.1, 0.15) is 17.4 Å². The lowest BCUT2D eigenvalue weighted by atomic mass is 10.1. The number of benzene rings is 1. The molecule has 0 saturated carbocycles. The summed E-state index contributed by atoms with van der Waals surface area (Å²) in [5.74, 6) is -0.220. The van der Waals surface area contributed by atoms with E-state index in [4.69, 9.17) is 0 Å². The zero-order chi connectivity index (χ0) is 15.2. The smallest absolute Gasteiger partial charge is 0.270 e. The van der Waals surface area contributed by atoms with Gasteiger partial charge in [0.1, 0.15) is 0 Å². The third-order valence-corrected chi connectivity index (χ3v) is 3.61. The van der Waals surface area contributed by atoms with Crippen molar-refractivity contribution in [3.8, 4) is 0 Å². The molecule has 108 valence electrons. The van der Waals surface area contributed by atoms with Crippen LogP contribution in [0.3, 0.4) is 0 Å². The Labute approximate surface area is 125 Å². The van der Waals surface area contributed by atoms with Gasteiger partial charge in [0.2, 0.25) is 5.91 Å². The fraction of sp³-hybridized carbons (Fsp3) is 0.143. The van der Waals surface area contributed by atoms with Crippen molar-refractivity contribution in [3.63, 3.8) is 0 Å². The summed E-state index contributed by atoms with van der Waals surface area (Å²) in [5.41, 5.74) is 3.56. The maximum atomic E-state index is 11.7. The van der Waals surface area contributed by atoms with Crippen molar-refractivity contribution in [2.75, 3.05) is 0 Å². The second-order valence-corrected chi connectivity index (χ2v) is 5.33. The Hall–Kier alpha value is -2.54. The standard InChI is InChI=1S/C14H13N3O3S/c1-10(11-4-2-5-12(8-11)17(19)20)15-16-14(18)9-13-6-3-7-21-13/h2-8H,9H2,1H3,(H,16,18)/b15-10+. The molecule has 1 N–H and O–H groups in total. The van der Waals surface area contributed by atoms with Gasteiger partial charge in [0.15, 0.2) is 0 Å². The molecule has 0 unspecified atom stereocenters. The Bertz CT molecular complexity index is 681. The number of nitrogens with zero attached hydrogens (tertiary/aromatic N) is 2. The van der Waals surface area contributed by atoms with E-state index in [-0.39, 0.29) is 18.0 Å². The van der Waals surface area contributed by atoms with Crippen molar-refractivity contribution in [2.24, 2.45) is 5.10 Å². The van der Waals surface area contributed by atoms with Gasteiger partial charge in [-0.15, -0.1) is 11.3 Å². The highest BCUT2D eigenvalue weighted by Gasteiger charge is 2.08. The number of hydrogen-bond acceptors (Lipinski definition) is 5. The molecule has 7 heteroatoms. The molecule has 1 aromatic carbocycles. The van der Waals surface area contributed by atoms with Gasteiger partial charge in [-0.3, -0.25) is 14.9 Å². The van der Waals surface area contributed by atoms with E-state index < -0.39 is 4.92 Å². The monoisotopic (exact) mass is 303 g/mol. The molecular weight excluding hydrogens is 290 g/mol. The first kappa shape index (κ1) is 14.9. The van der Waals surface area contributed by atoms with Gasteiger partial charge in [0, 0.05) is 22.6 Å². The molecule has 1 heterocycles. The van der Waals surface area contributed by atoms with Crippen molar-refractivity contribution in [1.29, 1.82) is 0 Å². The van der Waals surface area contributed by atoms with Crippen LogP contribution >= 0.6 is 11.3 Å². The molecule has 1 aromatic heterocycles. The molecule has 0 aliphatic rings. The zero-order valence-electron chi connectivity index (χ0n) is 11.3. The summed E-state index contributed by atoms with van der Waals surface area (Å²) in [6, 6.07) is 9.87. The molecule has 0 bridgehead atoms. The quantitative estimate of drug-likeness (QED) is 0.523. The Morgan fingerprint density at radius 2 is 2.19 bits per heavy atom. The number of carbonyl (C=O) groups is 1. The predicted octanol–water partition coefficient (Wildman–Crippen LogP) is 2.74. The topological polar surface area (TPSA) is 84.6 Å². The molecule has 0 aliphatic heterocycles. The van der Waals surface area contributed by atoms with Gasteiger partial charge in [-0.1, -0.05) is 18.2 Å². The van der Waals surface area contributed by atoms with Crippen LogP contribution in [0.5, 0.6) is 0 Å². The average Bonchev–Trinajstić information content (AvgIpc) is 2.97. The maximum absolute atomic E-state index is 11.7. The van der Waals surface area contributed by atoms with Crippen molar-refractivity contribution in [1.82, 2.24) is 5.43 Å². The summed E-state index contributed by atoms with van der Waals surface area (Å²) < 4.78 is 0. The number of non-ortho nitro benzene ring substituents is 1. The molecule has 21 heavy (non-hydrogen) atoms. The SMILES string of the molecule is C/C(=N\NC(=O)Cc1cccs1)c1cccc([N+](=O)[O-])c1. The summed E-state index contributed by atoms with van der Waals surface area (Å²) in [4.78, 5) is 22.9. The minimum Gasteiger partial charge on any atom is -0.273 e. The number of carbonyl (C=O) groups excluding carboxylic acids is 1. The lowest BCUT2D eigenvalue weighted by molar-refractivity contribution is -0.384. The van der Waals surface area contributed by atoms with Crippen LogP contribution in [0.4, 0.5) is 5.69 Å². The highest BCUT2D eigenvalue weighted by atomic mass is 32.1. The number of nitro benzene ring substituents is 1. The number of hydrazone groups is 1. The minimum atomic E-state index is -0.466. The van der Waals surface area contributed by atoms with Crippen molar-refractivity contribution in [2.45, 2.75) is 13.3 Å². The van der Waals surface area contributed by atoms with Crippen LogP contribution < -0.4 is 5.43 Å². The number of nitrogens with one attached hydrogen (secondary N) is 1. The Balaban J connectivity index is 2.02. The Morgan fingerprint density at radius 1 is 1.38 bits per heavy atom. The largest absolute Gasteiger partial charge is 0.273 e. The predicted molar refractivity (Wildman–Crippen MR) is 81.5 cm³/mol. The first-order chi connectivity index (χ1) is 10.1. The van der Waals surface area contributed by atoms with Crippen LogP contribution in [-0.2, 0) is 11.2 Å². The lowest BCUT2D eigenvalue weighted by Crippen LogP contribution is -2.20. The van der Waals surface area contributed by atoms with Crippen molar-refractivity contribution < 1.29 is 9.72 Å². The molecule has 0 aliphatic carbocycles. The number of amides is 1. The van der Waals surface area contributed by atoms with Crippen molar-refractivity contribution >= 4 is 28.6 Å². The molecule has 2 aromatic rings. The number of rotatable bonds is 5. The van der Waals surface area contributed by atoms with Gasteiger partial charge in [-0.25, -0.2) is 5.43 Å². The highest BCUT2D eigenvalue weighted by Crippen LogP contribution is 2.13. The van der Waals surface area contributed by atoms with Crippen LogP contribution in [-0.4, -0.2) is 16.5 Å². The molecule has 2 rings (SSSR count). The summed E-state index contributed by atoms with van der Waals surface area (Å²) in [5, 5.41) is 16.6. The number of hydrogen-bond donors (Lipinski definition) is 1. The fourth-order valence-electron chi connectivity index (χ4n) is 1.67. The summed E-state index contributed by atoms with van der Waals surface area (Å²) in [6.45, 7) is 1.69. The molecule has 1 amide bonds. The van der Waals surface area contributed by atoms with Crippen LogP contribution in [0.25, 0.3) is 0 Å². The van der Waals surface area contributed by atoms with E-state index in [9.17, 15) is 14.9 Å². The molecule has 0 atom stereocenters. The maximum Gasteiger partial charge on any atom is 0.270 e. The molecule has 0 spiro atoms. The van der Waals surface area contributed by atoms with Crippen LogP contribution in [0, 0.1) is 10.1 Å². The summed E-state index contributed by atoms with van der Waals surface area (Å²) >= 11 is 1.50. The molecule has 0 saturated heterocycles. The third kappa shape index (κ3) is 4.22. The first-order valence-electron chi connectivity index (χ1n) is 6.16. The van der Waals surface area contributed by atoms with Crippen molar-refractivity contribution in [3.05, 3.63) is 62.3 Å². The van der Waals surface area contributed by atoms with Gasteiger partial charge in [0.25, 0.3) is 5.69 Å². The molecule has 0 radical (unpaired) electrons. The van der Waals surface area contributed by atoms with Crippen LogP contribution in [0.15, 0.2) is 46.9 Å². The molecule has 6 nitrogen and oxygen atoms in total. The van der Waals surface area contributed by atoms with Gasteiger partial charge in [0.05, 0.1) is 17.1 Å². The Morgan fingerprint density at radius 3 is 2.86 bits per heavy atom. The van der Waals surface area contributed by atoms with Crippen LogP contribution in [0.2, 0.25) is 0 Å². The first-order valence-corrected chi connectivity index (χ1v) is 7.04. The molecular formula is C14H13N3O3S. The zero-order valence-corrected chi connectivity index (χ0v) is 12.1. The normalized spacial score (nSPS) is 11.2. The highest BCUT2D eigenvalue weighted by molar-refractivity contribution is 7.10. The van der Waals surface area contributed by atoms with E-state index >= 15 is 0 Å². The van der Waals surface area contributed by atoms with Gasteiger partial charge in [-0.2, -0.15) is 5.10 Å². The number of thiophene rings is 1. The third-order valence-electron chi connectivity index (χ3n) is 2.74. The van der Waals surface area contributed by atoms with E-state index in [1.807, 2.05) is 17.5 Å². The summed E-state index contributed by atoms with van der Waals surface area (Å²) in [7, 11) is 0. The summed E-state index contributed by atoms with van der Waals surface area (Å²) in [6.07, 6.45) is 0.267. The second-order valence-electron chi connectivity index (χ2n) is 4.30. The fourth-order valence-corrected chi connectivity index (χ4v) is 2.37. The lowest BCUT2D eigenvalue weighted by Gasteiger charge is -2.02. The van der Waals surface area contributed by atoms with Gasteiger partial charge < -0.3 is 0 Å². The van der Waals surface area contributed by atoms with Gasteiger partial charge >= 0.3 is 0 Å². The van der Waals surface area contributed by atoms with Gasteiger partial charge in [-0.05, 0) is 18.4 Å². The van der Waals surface area contributed by atoms with E-state index in [1.54, 1.807) is 19.1 Å². The minimum absolute atomic E-state index is 0.00744. The van der Waals surface area contributed by atoms with E-state index in [0.717, 1.165) is 4.88 Å². The molecule has 0 fully saturated rings.